The van der Waals surface area contributed by atoms with Gasteiger partial charge in [0.25, 0.3) is 0 Å². The zero-order valence-electron chi connectivity index (χ0n) is 12.5. The molecule has 0 aromatic heterocycles. The summed E-state index contributed by atoms with van der Waals surface area (Å²) in [6.45, 7) is 0.763. The molecule has 1 unspecified atom stereocenters. The molecule has 22 heavy (non-hydrogen) atoms. The van der Waals surface area contributed by atoms with E-state index in [0.717, 1.165) is 31.5 Å². The van der Waals surface area contributed by atoms with E-state index >= 15 is 0 Å². The van der Waals surface area contributed by atoms with Crippen molar-refractivity contribution in [2.45, 2.75) is 30.9 Å². The van der Waals surface area contributed by atoms with Crippen LogP contribution in [0.4, 0.5) is 5.69 Å². The van der Waals surface area contributed by atoms with Crippen molar-refractivity contribution in [3.8, 4) is 0 Å². The summed E-state index contributed by atoms with van der Waals surface area (Å²) in [6.07, 6.45) is 3.82. The Morgan fingerprint density at radius 1 is 1.27 bits per heavy atom. The number of fused-ring (bicyclic) bond motifs is 1. The quantitative estimate of drug-likeness (QED) is 0.848. The van der Waals surface area contributed by atoms with Gasteiger partial charge in [0.15, 0.2) is 9.84 Å². The van der Waals surface area contributed by atoms with Crippen molar-refractivity contribution in [3.05, 3.63) is 29.8 Å². The average molecular weight is 339 g/mol. The van der Waals surface area contributed by atoms with Crippen molar-refractivity contribution in [3.63, 3.8) is 0 Å². The summed E-state index contributed by atoms with van der Waals surface area (Å²) in [5.74, 6) is 0.963. The number of para-hydroxylation sites is 1. The number of nitrogens with zero attached hydrogens (tertiary/aromatic N) is 1. The molecule has 1 atom stereocenters. The van der Waals surface area contributed by atoms with Gasteiger partial charge in [-0.3, -0.25) is 4.79 Å². The number of hydrogen-bond donors (Lipinski definition) is 0. The van der Waals surface area contributed by atoms with Gasteiger partial charge in [-0.05, 0) is 37.3 Å². The number of carbonyl (C=O) groups is 1. The van der Waals surface area contributed by atoms with E-state index in [1.165, 1.54) is 17.3 Å². The zero-order chi connectivity index (χ0) is 15.6. The monoisotopic (exact) mass is 339 g/mol. The number of benzene rings is 1. The van der Waals surface area contributed by atoms with Crippen LogP contribution >= 0.6 is 11.8 Å². The lowest BCUT2D eigenvalue weighted by Crippen LogP contribution is -2.33. The molecule has 1 aromatic carbocycles. The zero-order valence-corrected chi connectivity index (χ0v) is 14.2. The van der Waals surface area contributed by atoms with E-state index in [1.54, 1.807) is 0 Å². The van der Waals surface area contributed by atoms with Crippen molar-refractivity contribution in [1.29, 1.82) is 0 Å². The first kappa shape index (κ1) is 15.9. The van der Waals surface area contributed by atoms with E-state index in [2.05, 4.69) is 6.07 Å². The number of hydrogen-bond acceptors (Lipinski definition) is 4. The first-order valence-electron chi connectivity index (χ1n) is 7.75. The van der Waals surface area contributed by atoms with E-state index in [9.17, 15) is 13.2 Å². The molecule has 2 aliphatic rings. The van der Waals surface area contributed by atoms with E-state index in [4.69, 9.17) is 0 Å². The standard InChI is InChI=1S/C16H21NO3S2/c18-16(11-21-14-8-10-22(19,20)12-14)17-9-4-3-6-13-5-1-2-7-15(13)17/h1-2,5,7,14H,3-4,6,8-12H2. The maximum atomic E-state index is 12.6. The molecule has 1 amide bonds. The Hall–Kier alpha value is -1.01. The fourth-order valence-electron chi connectivity index (χ4n) is 3.11. The summed E-state index contributed by atoms with van der Waals surface area (Å²) in [5.41, 5.74) is 2.27. The van der Waals surface area contributed by atoms with Crippen LogP contribution in [0.1, 0.15) is 24.8 Å². The molecule has 0 aliphatic carbocycles. The number of aryl methyl sites for hydroxylation is 1. The van der Waals surface area contributed by atoms with Crippen molar-refractivity contribution >= 4 is 33.2 Å². The molecule has 2 aliphatic heterocycles. The van der Waals surface area contributed by atoms with E-state index in [1.807, 2.05) is 23.1 Å². The van der Waals surface area contributed by atoms with Gasteiger partial charge in [0.2, 0.25) is 5.91 Å². The minimum absolute atomic E-state index is 0.0798. The highest BCUT2D eigenvalue weighted by atomic mass is 32.2. The molecule has 2 heterocycles. The SMILES string of the molecule is O=C(CSC1CCS(=O)(=O)C1)N1CCCCc2ccccc21. The molecule has 1 aromatic rings. The molecule has 3 rings (SSSR count). The van der Waals surface area contributed by atoms with Gasteiger partial charge in [0.1, 0.15) is 0 Å². The van der Waals surface area contributed by atoms with Gasteiger partial charge < -0.3 is 4.90 Å². The highest BCUT2D eigenvalue weighted by molar-refractivity contribution is 8.02. The third kappa shape index (κ3) is 3.66. The van der Waals surface area contributed by atoms with Crippen LogP contribution in [-0.2, 0) is 21.1 Å². The number of anilines is 1. The summed E-state index contributed by atoms with van der Waals surface area (Å²) in [7, 11) is -2.87. The second kappa shape index (κ2) is 6.62. The van der Waals surface area contributed by atoms with Crippen molar-refractivity contribution in [2.24, 2.45) is 0 Å². The van der Waals surface area contributed by atoms with Crippen LogP contribution in [0.2, 0.25) is 0 Å². The molecule has 4 nitrogen and oxygen atoms in total. The minimum atomic E-state index is -2.87. The van der Waals surface area contributed by atoms with Crippen LogP contribution in [0.15, 0.2) is 24.3 Å². The van der Waals surface area contributed by atoms with Gasteiger partial charge >= 0.3 is 0 Å². The third-order valence-electron chi connectivity index (χ3n) is 4.29. The lowest BCUT2D eigenvalue weighted by Gasteiger charge is -2.23. The van der Waals surface area contributed by atoms with Crippen LogP contribution in [0.3, 0.4) is 0 Å². The molecule has 0 N–H and O–H groups in total. The Bertz CT molecular complexity index is 657. The summed E-state index contributed by atoms with van der Waals surface area (Å²) in [5, 5.41) is 0.0798. The Labute approximate surface area is 136 Å². The minimum Gasteiger partial charge on any atom is -0.311 e. The van der Waals surface area contributed by atoms with Gasteiger partial charge in [-0.1, -0.05) is 18.2 Å². The summed E-state index contributed by atoms with van der Waals surface area (Å²) in [6, 6.07) is 8.10. The maximum absolute atomic E-state index is 12.6. The molecule has 0 radical (unpaired) electrons. The molecule has 0 spiro atoms. The van der Waals surface area contributed by atoms with Crippen molar-refractivity contribution in [1.82, 2.24) is 0 Å². The third-order valence-corrected chi connectivity index (χ3v) is 7.56. The largest absolute Gasteiger partial charge is 0.311 e. The number of rotatable bonds is 3. The molecule has 1 saturated heterocycles. The Kier molecular flexibility index (Phi) is 4.78. The highest BCUT2D eigenvalue weighted by Gasteiger charge is 2.29. The summed E-state index contributed by atoms with van der Waals surface area (Å²) in [4.78, 5) is 14.5. The number of thioether (sulfide) groups is 1. The lowest BCUT2D eigenvalue weighted by molar-refractivity contribution is -0.116. The smallest absolute Gasteiger partial charge is 0.236 e. The molecule has 6 heteroatoms. The average Bonchev–Trinajstić information content (AvgIpc) is 2.72. The second-order valence-corrected chi connectivity index (χ2v) is 9.48. The fourth-order valence-corrected chi connectivity index (χ4v) is 6.63. The highest BCUT2D eigenvalue weighted by Crippen LogP contribution is 2.28. The normalized spacial score (nSPS) is 23.8. The molecule has 120 valence electrons. The Morgan fingerprint density at radius 2 is 2.09 bits per heavy atom. The van der Waals surface area contributed by atoms with E-state index in [0.29, 0.717) is 12.2 Å². The van der Waals surface area contributed by atoms with Crippen LogP contribution in [0.5, 0.6) is 0 Å². The van der Waals surface area contributed by atoms with Gasteiger partial charge in [-0.15, -0.1) is 11.8 Å². The molecular weight excluding hydrogens is 318 g/mol. The van der Waals surface area contributed by atoms with Crippen LogP contribution in [0.25, 0.3) is 0 Å². The topological polar surface area (TPSA) is 54.5 Å². The Balaban J connectivity index is 1.65. The maximum Gasteiger partial charge on any atom is 0.236 e. The lowest BCUT2D eigenvalue weighted by atomic mass is 10.1. The summed E-state index contributed by atoms with van der Waals surface area (Å²) < 4.78 is 23.0. The van der Waals surface area contributed by atoms with Gasteiger partial charge in [0, 0.05) is 17.5 Å². The number of amides is 1. The van der Waals surface area contributed by atoms with E-state index < -0.39 is 9.84 Å². The molecular formula is C16H21NO3S2. The predicted molar refractivity (Wildman–Crippen MR) is 91.2 cm³/mol. The van der Waals surface area contributed by atoms with Gasteiger partial charge in [-0.2, -0.15) is 0 Å². The van der Waals surface area contributed by atoms with Crippen LogP contribution < -0.4 is 4.90 Å². The van der Waals surface area contributed by atoms with Gasteiger partial charge in [-0.25, -0.2) is 8.42 Å². The van der Waals surface area contributed by atoms with Crippen LogP contribution in [0, 0.1) is 0 Å². The number of carbonyl (C=O) groups excluding carboxylic acids is 1. The van der Waals surface area contributed by atoms with Gasteiger partial charge in [0.05, 0.1) is 17.3 Å². The summed E-state index contributed by atoms with van der Waals surface area (Å²) >= 11 is 1.50. The molecule has 1 fully saturated rings. The van der Waals surface area contributed by atoms with E-state index in [-0.39, 0.29) is 22.7 Å². The molecule has 0 bridgehead atoms. The van der Waals surface area contributed by atoms with Crippen molar-refractivity contribution < 1.29 is 13.2 Å². The first-order valence-corrected chi connectivity index (χ1v) is 10.6. The Morgan fingerprint density at radius 3 is 2.86 bits per heavy atom. The number of sulfone groups is 1. The second-order valence-electron chi connectivity index (χ2n) is 5.97. The van der Waals surface area contributed by atoms with Crippen molar-refractivity contribution in [2.75, 3.05) is 28.7 Å². The van der Waals surface area contributed by atoms with Crippen LogP contribution in [-0.4, -0.2) is 43.4 Å². The fraction of sp³-hybridized carbons (Fsp3) is 0.562. The predicted octanol–water partition coefficient (Wildman–Crippen LogP) is 2.28. The first-order chi connectivity index (χ1) is 10.6. The molecule has 0 saturated carbocycles.